The Labute approximate surface area is 141 Å². The van der Waals surface area contributed by atoms with Gasteiger partial charge in [-0.25, -0.2) is 9.97 Å². The van der Waals surface area contributed by atoms with Gasteiger partial charge in [0.25, 0.3) is 0 Å². The van der Waals surface area contributed by atoms with Gasteiger partial charge in [-0.15, -0.1) is 11.3 Å². The minimum absolute atomic E-state index is 0.337. The molecule has 0 aromatic carbocycles. The third-order valence-electron chi connectivity index (χ3n) is 4.90. The number of nitrogens with zero attached hydrogens (tertiary/aromatic N) is 4. The summed E-state index contributed by atoms with van der Waals surface area (Å²) in [6, 6.07) is 2.12. The van der Waals surface area contributed by atoms with E-state index in [1.807, 2.05) is 0 Å². The van der Waals surface area contributed by atoms with E-state index in [2.05, 4.69) is 31.2 Å². The first-order valence-electron chi connectivity index (χ1n) is 8.67. The molecule has 1 atom stereocenters. The lowest BCUT2D eigenvalue weighted by Gasteiger charge is -2.26. The molecule has 2 fully saturated rings. The largest absolute Gasteiger partial charge is 0.375 e. The van der Waals surface area contributed by atoms with Crippen molar-refractivity contribution in [2.24, 2.45) is 0 Å². The Bertz CT molecular complexity index is 640. The van der Waals surface area contributed by atoms with Crippen molar-refractivity contribution in [3.05, 3.63) is 17.8 Å². The Hall–Kier alpha value is -1.24. The maximum absolute atomic E-state index is 6.13. The van der Waals surface area contributed by atoms with E-state index in [1.165, 1.54) is 37.7 Å². The van der Waals surface area contributed by atoms with E-state index in [1.54, 1.807) is 17.7 Å². The Morgan fingerprint density at radius 3 is 3.00 bits per heavy atom. The summed E-state index contributed by atoms with van der Waals surface area (Å²) >= 11 is 1.68. The standard InChI is InChI=1S/C17H24N4OS/c1-2-6-20(7-3-1)9-10-22-14-4-8-21(12-14)16-15-5-11-23-17(15)19-13-18-16/h5,11,13-14H,1-4,6-10,12H2/t14-/m1/s1. The second-order valence-corrected chi connectivity index (χ2v) is 7.36. The maximum Gasteiger partial charge on any atom is 0.140 e. The molecule has 2 aromatic heterocycles. The first-order valence-corrected chi connectivity index (χ1v) is 9.55. The molecule has 0 radical (unpaired) electrons. The van der Waals surface area contributed by atoms with Crippen LogP contribution in [0.2, 0.25) is 0 Å². The van der Waals surface area contributed by atoms with E-state index >= 15 is 0 Å². The van der Waals surface area contributed by atoms with Crippen LogP contribution in [0.25, 0.3) is 10.2 Å². The molecule has 0 saturated carbocycles. The number of hydrogen-bond acceptors (Lipinski definition) is 6. The van der Waals surface area contributed by atoms with Crippen molar-refractivity contribution in [3.63, 3.8) is 0 Å². The van der Waals surface area contributed by atoms with E-state index in [4.69, 9.17) is 4.74 Å². The number of ether oxygens (including phenoxy) is 1. The van der Waals surface area contributed by atoms with Crippen LogP contribution >= 0.6 is 11.3 Å². The van der Waals surface area contributed by atoms with Crippen LogP contribution in [-0.2, 0) is 4.74 Å². The Morgan fingerprint density at radius 1 is 1.17 bits per heavy atom. The number of piperidine rings is 1. The molecule has 6 heteroatoms. The summed E-state index contributed by atoms with van der Waals surface area (Å²) in [6.07, 6.45) is 7.20. The SMILES string of the molecule is c1nc(N2CC[C@@H](OCCN3CCCCC3)C2)c2ccsc2n1. The topological polar surface area (TPSA) is 41.5 Å². The van der Waals surface area contributed by atoms with Crippen molar-refractivity contribution in [2.45, 2.75) is 31.8 Å². The van der Waals surface area contributed by atoms with Gasteiger partial charge >= 0.3 is 0 Å². The quantitative estimate of drug-likeness (QED) is 0.842. The van der Waals surface area contributed by atoms with Crippen LogP contribution in [0.3, 0.4) is 0 Å². The first kappa shape index (κ1) is 15.3. The normalized spacial score (nSPS) is 23.0. The summed E-state index contributed by atoms with van der Waals surface area (Å²) in [5.41, 5.74) is 0. The highest BCUT2D eigenvalue weighted by Crippen LogP contribution is 2.29. The third kappa shape index (κ3) is 3.49. The van der Waals surface area contributed by atoms with Crippen LogP contribution in [0.15, 0.2) is 17.8 Å². The molecule has 0 amide bonds. The summed E-state index contributed by atoms with van der Waals surface area (Å²) in [4.78, 5) is 14.8. The summed E-state index contributed by atoms with van der Waals surface area (Å²) in [5, 5.41) is 3.26. The van der Waals surface area contributed by atoms with E-state index in [0.29, 0.717) is 6.10 Å². The molecule has 4 heterocycles. The van der Waals surface area contributed by atoms with E-state index < -0.39 is 0 Å². The highest BCUT2D eigenvalue weighted by atomic mass is 32.1. The number of fused-ring (bicyclic) bond motifs is 1. The second kappa shape index (κ2) is 7.11. The van der Waals surface area contributed by atoms with Crippen LogP contribution in [0.1, 0.15) is 25.7 Å². The smallest absolute Gasteiger partial charge is 0.140 e. The molecule has 124 valence electrons. The fraction of sp³-hybridized carbons (Fsp3) is 0.647. The van der Waals surface area contributed by atoms with Gasteiger partial charge in [-0.2, -0.15) is 0 Å². The molecule has 0 aliphatic carbocycles. The predicted octanol–water partition coefficient (Wildman–Crippen LogP) is 2.77. The Kier molecular flexibility index (Phi) is 4.73. The monoisotopic (exact) mass is 332 g/mol. The molecule has 0 spiro atoms. The van der Waals surface area contributed by atoms with Crippen LogP contribution in [-0.4, -0.2) is 60.3 Å². The number of aromatic nitrogens is 2. The zero-order chi connectivity index (χ0) is 15.5. The first-order chi connectivity index (χ1) is 11.4. The fourth-order valence-corrected chi connectivity index (χ4v) is 4.34. The molecule has 0 N–H and O–H groups in total. The van der Waals surface area contributed by atoms with Crippen molar-refractivity contribution in [1.29, 1.82) is 0 Å². The van der Waals surface area contributed by atoms with Crippen LogP contribution in [0, 0.1) is 0 Å². The lowest BCUT2D eigenvalue weighted by molar-refractivity contribution is 0.0467. The van der Waals surface area contributed by atoms with Gasteiger partial charge in [0.1, 0.15) is 17.0 Å². The van der Waals surface area contributed by atoms with Gasteiger partial charge in [0.15, 0.2) is 0 Å². The summed E-state index contributed by atoms with van der Waals surface area (Å²) in [6.45, 7) is 6.40. The van der Waals surface area contributed by atoms with Crippen molar-refractivity contribution < 1.29 is 4.74 Å². The predicted molar refractivity (Wildman–Crippen MR) is 94.3 cm³/mol. The third-order valence-corrected chi connectivity index (χ3v) is 5.72. The number of anilines is 1. The molecule has 0 unspecified atom stereocenters. The highest BCUT2D eigenvalue weighted by Gasteiger charge is 2.25. The minimum Gasteiger partial charge on any atom is -0.375 e. The van der Waals surface area contributed by atoms with Crippen molar-refractivity contribution in [3.8, 4) is 0 Å². The van der Waals surface area contributed by atoms with Crippen molar-refractivity contribution in [1.82, 2.24) is 14.9 Å². The van der Waals surface area contributed by atoms with Gasteiger partial charge < -0.3 is 14.5 Å². The summed E-state index contributed by atoms with van der Waals surface area (Å²) in [7, 11) is 0. The zero-order valence-corrected chi connectivity index (χ0v) is 14.3. The van der Waals surface area contributed by atoms with Crippen molar-refractivity contribution >= 4 is 27.4 Å². The molecular formula is C17H24N4OS. The van der Waals surface area contributed by atoms with Gasteiger partial charge in [-0.05, 0) is 43.8 Å². The molecule has 2 aliphatic rings. The van der Waals surface area contributed by atoms with Gasteiger partial charge in [0.2, 0.25) is 0 Å². The fourth-order valence-electron chi connectivity index (χ4n) is 3.62. The average molecular weight is 332 g/mol. The van der Waals surface area contributed by atoms with Gasteiger partial charge in [-0.1, -0.05) is 6.42 Å². The van der Waals surface area contributed by atoms with Crippen LogP contribution < -0.4 is 4.90 Å². The molecule has 2 aromatic rings. The Balaban J connectivity index is 1.30. The van der Waals surface area contributed by atoms with Crippen LogP contribution in [0.5, 0.6) is 0 Å². The number of likely N-dealkylation sites (tertiary alicyclic amines) is 1. The maximum atomic E-state index is 6.13. The molecule has 2 aliphatic heterocycles. The van der Waals surface area contributed by atoms with Gasteiger partial charge in [0, 0.05) is 19.6 Å². The van der Waals surface area contributed by atoms with E-state index in [9.17, 15) is 0 Å². The molecule has 5 nitrogen and oxygen atoms in total. The Morgan fingerprint density at radius 2 is 2.09 bits per heavy atom. The molecule has 23 heavy (non-hydrogen) atoms. The lowest BCUT2D eigenvalue weighted by atomic mass is 10.1. The minimum atomic E-state index is 0.337. The number of rotatable bonds is 5. The zero-order valence-electron chi connectivity index (χ0n) is 13.5. The van der Waals surface area contributed by atoms with Gasteiger partial charge in [-0.3, -0.25) is 0 Å². The average Bonchev–Trinajstić information content (AvgIpc) is 3.24. The molecule has 4 rings (SSSR count). The summed E-state index contributed by atoms with van der Waals surface area (Å²) < 4.78 is 6.13. The van der Waals surface area contributed by atoms with Crippen LogP contribution in [0.4, 0.5) is 5.82 Å². The number of hydrogen-bond donors (Lipinski definition) is 0. The van der Waals surface area contributed by atoms with E-state index in [-0.39, 0.29) is 0 Å². The lowest BCUT2D eigenvalue weighted by Crippen LogP contribution is -2.34. The number of thiophene rings is 1. The van der Waals surface area contributed by atoms with Crippen molar-refractivity contribution in [2.75, 3.05) is 44.2 Å². The van der Waals surface area contributed by atoms with Gasteiger partial charge in [0.05, 0.1) is 18.1 Å². The molecule has 0 bridgehead atoms. The van der Waals surface area contributed by atoms with E-state index in [0.717, 1.165) is 43.3 Å². The molecular weight excluding hydrogens is 308 g/mol. The molecule has 2 saturated heterocycles. The summed E-state index contributed by atoms with van der Waals surface area (Å²) in [5.74, 6) is 1.07. The second-order valence-electron chi connectivity index (χ2n) is 6.47. The highest BCUT2D eigenvalue weighted by molar-refractivity contribution is 7.16.